The molecule has 1 N–H and O–H groups in total. The molecule has 0 saturated carbocycles. The van der Waals surface area contributed by atoms with Gasteiger partial charge in [0.15, 0.2) is 0 Å². The molecule has 0 unspecified atom stereocenters. The Kier molecular flexibility index (Phi) is 10.8. The van der Waals surface area contributed by atoms with Gasteiger partial charge in [-0.25, -0.2) is 4.98 Å². The van der Waals surface area contributed by atoms with Gasteiger partial charge >= 0.3 is 0 Å². The molecule has 66 heavy (non-hydrogen) atoms. The summed E-state index contributed by atoms with van der Waals surface area (Å²) >= 11 is 0. The molecule has 322 valence electrons. The Morgan fingerprint density at radius 3 is 1.50 bits per heavy atom. The molecule has 2 aromatic heterocycles. The highest BCUT2D eigenvalue weighted by Gasteiger charge is 2.30. The molecule has 0 atom stereocenters. The normalized spacial score (nSPS) is 11.8. The first-order valence-electron chi connectivity index (χ1n) is 22.8. The highest BCUT2D eigenvalue weighted by Crippen LogP contribution is 2.47. The van der Waals surface area contributed by atoms with E-state index in [4.69, 9.17) is 9.97 Å². The second kappa shape index (κ2) is 17.0. The van der Waals surface area contributed by atoms with Crippen LogP contribution in [0.25, 0.3) is 95.0 Å². The largest absolute Gasteiger partial charge is 0.507 e. The Bertz CT molecular complexity index is 3300. The molecule has 0 aliphatic rings. The molecule has 8 aromatic carbocycles. The van der Waals surface area contributed by atoms with Crippen molar-refractivity contribution in [1.29, 1.82) is 0 Å². The van der Waals surface area contributed by atoms with E-state index in [0.29, 0.717) is 11.4 Å². The highest BCUT2D eigenvalue weighted by atomic mass is 16.3. The zero-order valence-electron chi connectivity index (χ0n) is 38.4. The van der Waals surface area contributed by atoms with Gasteiger partial charge in [0.2, 0.25) is 0 Å². The molecule has 4 nitrogen and oxygen atoms in total. The molecule has 10 aromatic rings. The van der Waals surface area contributed by atoms with Crippen molar-refractivity contribution in [1.82, 2.24) is 14.5 Å². The lowest BCUT2D eigenvalue weighted by atomic mass is 9.79. The second-order valence-electron chi connectivity index (χ2n) is 19.3. The van der Waals surface area contributed by atoms with Crippen LogP contribution in [0, 0.1) is 0 Å². The Balaban J connectivity index is 1.32. The maximum absolute atomic E-state index is 12.7. The predicted molar refractivity (Wildman–Crippen MR) is 276 cm³/mol. The third kappa shape index (κ3) is 8.01. The monoisotopic (exact) mass is 855 g/mol. The van der Waals surface area contributed by atoms with E-state index in [1.54, 1.807) is 0 Å². The zero-order valence-corrected chi connectivity index (χ0v) is 38.4. The number of nitrogens with zero attached hydrogens (tertiary/aromatic N) is 3. The number of hydrogen-bond acceptors (Lipinski definition) is 3. The van der Waals surface area contributed by atoms with Gasteiger partial charge in [-0.15, -0.1) is 0 Å². The average molecular weight is 856 g/mol. The highest BCUT2D eigenvalue weighted by molar-refractivity contribution is 6.00. The van der Waals surface area contributed by atoms with Crippen LogP contribution < -0.4 is 0 Å². The maximum Gasteiger partial charge on any atom is 0.149 e. The molecule has 0 bridgehead atoms. The summed E-state index contributed by atoms with van der Waals surface area (Å²) in [6.45, 7) is 13.2. The number of hydrogen-bond donors (Lipinski definition) is 1. The third-order valence-electron chi connectivity index (χ3n) is 12.7. The first-order valence-corrected chi connectivity index (χ1v) is 22.8. The SMILES string of the molecule is CC(C)(C)c1cc(-c2nc3c(-c4cc(-c5ccccc5)cc(-c5cc(-c6ccccc6)ccn5)c4)cccc3n2-c2c(-c3ccccc3)cccc2-c2ccccc2)c(O)c(C(C)(C)C)c1. The van der Waals surface area contributed by atoms with Gasteiger partial charge in [-0.05, 0) is 97.8 Å². The number of rotatable bonds is 8. The molecule has 4 heteroatoms. The van der Waals surface area contributed by atoms with Crippen LogP contribution in [0.15, 0.2) is 206 Å². The summed E-state index contributed by atoms with van der Waals surface area (Å²) in [7, 11) is 0. The van der Waals surface area contributed by atoms with Gasteiger partial charge in [-0.3, -0.25) is 9.55 Å². The van der Waals surface area contributed by atoms with Crippen molar-refractivity contribution >= 4 is 11.0 Å². The average Bonchev–Trinajstić information content (AvgIpc) is 3.73. The molecule has 0 spiro atoms. The van der Waals surface area contributed by atoms with Crippen molar-refractivity contribution in [3.8, 4) is 89.7 Å². The number of fused-ring (bicyclic) bond motifs is 1. The lowest BCUT2D eigenvalue weighted by Gasteiger charge is -2.28. The van der Waals surface area contributed by atoms with E-state index < -0.39 is 0 Å². The first kappa shape index (κ1) is 42.1. The molecule has 0 aliphatic carbocycles. The fraction of sp³-hybridized carbons (Fsp3) is 0.129. The molecule has 0 amide bonds. The Labute approximate surface area is 388 Å². The van der Waals surface area contributed by atoms with Gasteiger partial charge in [0.25, 0.3) is 0 Å². The lowest BCUT2D eigenvalue weighted by Crippen LogP contribution is -2.17. The summed E-state index contributed by atoms with van der Waals surface area (Å²) in [6, 6.07) is 70.6. The van der Waals surface area contributed by atoms with Crippen molar-refractivity contribution in [3.63, 3.8) is 0 Å². The summed E-state index contributed by atoms with van der Waals surface area (Å²) in [4.78, 5) is 10.7. The van der Waals surface area contributed by atoms with E-state index in [1.165, 1.54) is 0 Å². The van der Waals surface area contributed by atoms with Gasteiger partial charge in [0, 0.05) is 34.0 Å². The van der Waals surface area contributed by atoms with Crippen LogP contribution in [0.4, 0.5) is 0 Å². The Morgan fingerprint density at radius 1 is 0.409 bits per heavy atom. The number of aromatic nitrogens is 3. The minimum absolute atomic E-state index is 0.207. The smallest absolute Gasteiger partial charge is 0.149 e. The summed E-state index contributed by atoms with van der Waals surface area (Å²) in [6.07, 6.45) is 1.90. The van der Waals surface area contributed by atoms with Gasteiger partial charge in [0.1, 0.15) is 11.6 Å². The van der Waals surface area contributed by atoms with E-state index >= 15 is 0 Å². The molecular weight excluding hydrogens is 803 g/mol. The van der Waals surface area contributed by atoms with Crippen LogP contribution in [-0.4, -0.2) is 19.6 Å². The maximum atomic E-state index is 12.7. The van der Waals surface area contributed by atoms with E-state index in [-0.39, 0.29) is 16.6 Å². The molecule has 2 heterocycles. The van der Waals surface area contributed by atoms with Crippen LogP contribution in [0.5, 0.6) is 5.75 Å². The predicted octanol–water partition coefficient (Wildman–Crippen LogP) is 16.4. The lowest BCUT2D eigenvalue weighted by molar-refractivity contribution is 0.446. The van der Waals surface area contributed by atoms with Gasteiger partial charge in [-0.1, -0.05) is 199 Å². The summed E-state index contributed by atoms with van der Waals surface area (Å²) in [5.41, 5.74) is 17.5. The van der Waals surface area contributed by atoms with Gasteiger partial charge in [-0.2, -0.15) is 0 Å². The fourth-order valence-electron chi connectivity index (χ4n) is 9.16. The van der Waals surface area contributed by atoms with Gasteiger partial charge < -0.3 is 5.11 Å². The number of imidazole rings is 1. The van der Waals surface area contributed by atoms with E-state index in [1.807, 2.05) is 12.3 Å². The van der Waals surface area contributed by atoms with Gasteiger partial charge in [0.05, 0.1) is 28.0 Å². The van der Waals surface area contributed by atoms with Crippen molar-refractivity contribution < 1.29 is 5.11 Å². The first-order chi connectivity index (χ1) is 31.9. The zero-order chi connectivity index (χ0) is 45.6. The number of aromatic hydroxyl groups is 1. The van der Waals surface area contributed by atoms with Crippen molar-refractivity contribution in [2.24, 2.45) is 0 Å². The number of phenolic OH excluding ortho intramolecular Hbond substituents is 1. The van der Waals surface area contributed by atoms with Crippen LogP contribution in [0.2, 0.25) is 0 Å². The number of phenols is 1. The Hall–Kier alpha value is -7.82. The van der Waals surface area contributed by atoms with E-state index in [0.717, 1.165) is 94.7 Å². The molecular formula is C62H53N3O. The quantitative estimate of drug-likeness (QED) is 0.166. The minimum Gasteiger partial charge on any atom is -0.507 e. The van der Waals surface area contributed by atoms with Crippen LogP contribution in [0.1, 0.15) is 52.7 Å². The molecule has 0 saturated heterocycles. The topological polar surface area (TPSA) is 50.9 Å². The molecule has 0 aliphatic heterocycles. The second-order valence-corrected chi connectivity index (χ2v) is 19.3. The summed E-state index contributed by atoms with van der Waals surface area (Å²) in [5, 5.41) is 12.7. The molecule has 10 rings (SSSR count). The van der Waals surface area contributed by atoms with E-state index in [2.05, 4.69) is 240 Å². The van der Waals surface area contributed by atoms with Crippen LogP contribution >= 0.6 is 0 Å². The Morgan fingerprint density at radius 2 is 0.924 bits per heavy atom. The standard InChI is InChI=1S/C62H53N3O/c1-61(2,3)49-39-53(59(66)54(40-49)62(4,5)6)60-64-57-50(29-20-32-56(57)65(60)58-51(43-25-15-9-16-26-43)30-19-31-52(58)44-27-17-10-18-28-44)47-35-46(42-23-13-8-14-24-42)36-48(37-47)55-38-45(33-34-63-55)41-21-11-7-12-22-41/h7-40,66H,1-6H3. The summed E-state index contributed by atoms with van der Waals surface area (Å²) < 4.78 is 2.31. The number of para-hydroxylation sites is 2. The van der Waals surface area contributed by atoms with Crippen molar-refractivity contribution in [2.75, 3.05) is 0 Å². The third-order valence-corrected chi connectivity index (χ3v) is 12.7. The summed E-state index contributed by atoms with van der Waals surface area (Å²) in [5.74, 6) is 0.911. The van der Waals surface area contributed by atoms with Crippen LogP contribution in [0.3, 0.4) is 0 Å². The minimum atomic E-state index is -0.348. The van der Waals surface area contributed by atoms with Crippen molar-refractivity contribution in [3.05, 3.63) is 218 Å². The van der Waals surface area contributed by atoms with Crippen LogP contribution in [-0.2, 0) is 10.8 Å². The van der Waals surface area contributed by atoms with Crippen molar-refractivity contribution in [2.45, 2.75) is 52.4 Å². The van der Waals surface area contributed by atoms with E-state index in [9.17, 15) is 5.11 Å². The number of pyridine rings is 1. The molecule has 0 fully saturated rings. The number of benzene rings is 8. The molecule has 0 radical (unpaired) electrons. The fourth-order valence-corrected chi connectivity index (χ4v) is 9.16.